The summed E-state index contributed by atoms with van der Waals surface area (Å²) in [6.45, 7) is 3.34. The average molecular weight is 224 g/mol. The lowest BCUT2D eigenvalue weighted by molar-refractivity contribution is -0.00816. The second kappa shape index (κ2) is 3.54. The normalized spacial score (nSPS) is 12.3. The molecule has 0 radical (unpaired) electrons. The van der Waals surface area contributed by atoms with Gasteiger partial charge in [0.2, 0.25) is 0 Å². The second-order valence-corrected chi connectivity index (χ2v) is 3.98. The molecule has 0 unspecified atom stereocenters. The zero-order valence-corrected chi connectivity index (χ0v) is 9.59. The molecule has 0 spiro atoms. The maximum absolute atomic E-state index is 13.5. The van der Waals surface area contributed by atoms with Crippen LogP contribution in [0.3, 0.4) is 0 Å². The van der Waals surface area contributed by atoms with Crippen molar-refractivity contribution in [3.63, 3.8) is 0 Å². The van der Waals surface area contributed by atoms with Gasteiger partial charge < -0.3 is 4.57 Å². The van der Waals surface area contributed by atoms with Gasteiger partial charge in [-0.2, -0.15) is 0 Å². The van der Waals surface area contributed by atoms with Crippen LogP contribution in [-0.2, 0) is 13.0 Å². The molecule has 0 amide bonds. The number of fused-ring (bicyclic) bond motifs is 1. The Bertz CT molecular complexity index is 529. The van der Waals surface area contributed by atoms with Gasteiger partial charge in [-0.25, -0.2) is 13.8 Å². The van der Waals surface area contributed by atoms with E-state index in [-0.39, 0.29) is 12.0 Å². The van der Waals surface area contributed by atoms with Gasteiger partial charge in [0.1, 0.15) is 5.82 Å². The van der Waals surface area contributed by atoms with Crippen molar-refractivity contribution < 1.29 is 8.78 Å². The molecule has 0 N–H and O–H groups in total. The molecule has 0 saturated carbocycles. The van der Waals surface area contributed by atoms with Crippen molar-refractivity contribution in [2.24, 2.45) is 7.05 Å². The lowest BCUT2D eigenvalue weighted by Gasteiger charge is -2.13. The van der Waals surface area contributed by atoms with Gasteiger partial charge >= 0.3 is 0 Å². The Kier molecular flexibility index (Phi) is 2.45. The molecular weight excluding hydrogens is 210 g/mol. The smallest absolute Gasteiger partial charge is 0.273 e. The third kappa shape index (κ3) is 1.58. The number of alkyl halides is 2. The van der Waals surface area contributed by atoms with Gasteiger partial charge in [0, 0.05) is 19.0 Å². The number of aromatic nitrogens is 2. The predicted octanol–water partition coefficient (Wildman–Crippen LogP) is 3.38. The minimum absolute atomic E-state index is 0.0422. The van der Waals surface area contributed by atoms with Gasteiger partial charge in [-0.15, -0.1) is 0 Å². The van der Waals surface area contributed by atoms with E-state index < -0.39 is 5.92 Å². The molecule has 86 valence electrons. The van der Waals surface area contributed by atoms with Crippen LogP contribution in [0, 0.1) is 6.92 Å². The van der Waals surface area contributed by atoms with E-state index in [1.54, 1.807) is 6.07 Å². The molecule has 0 aliphatic carbocycles. The van der Waals surface area contributed by atoms with Crippen LogP contribution in [0.2, 0.25) is 0 Å². The topological polar surface area (TPSA) is 17.8 Å². The number of aryl methyl sites for hydroxylation is 2. The van der Waals surface area contributed by atoms with Crippen LogP contribution in [0.25, 0.3) is 11.0 Å². The summed E-state index contributed by atoms with van der Waals surface area (Å²) in [5.74, 6) is -1.94. The zero-order chi connectivity index (χ0) is 11.9. The van der Waals surface area contributed by atoms with E-state index in [0.717, 1.165) is 11.3 Å². The quantitative estimate of drug-likeness (QED) is 0.764. The third-order valence-corrected chi connectivity index (χ3v) is 2.97. The zero-order valence-electron chi connectivity index (χ0n) is 9.59. The van der Waals surface area contributed by atoms with E-state index in [1.807, 2.05) is 18.5 Å². The maximum Gasteiger partial charge on any atom is 0.273 e. The van der Waals surface area contributed by atoms with Crippen LogP contribution < -0.4 is 0 Å². The molecule has 0 aliphatic rings. The molecule has 0 atom stereocenters. The van der Waals surface area contributed by atoms with Crippen LogP contribution in [-0.4, -0.2) is 9.55 Å². The molecule has 1 aromatic carbocycles. The number of halogens is 2. The minimum Gasteiger partial charge on any atom is -0.331 e. The fraction of sp³-hybridized carbons (Fsp3) is 0.417. The fourth-order valence-electron chi connectivity index (χ4n) is 1.75. The highest BCUT2D eigenvalue weighted by atomic mass is 19.3. The lowest BCUT2D eigenvalue weighted by atomic mass is 10.1. The van der Waals surface area contributed by atoms with Crippen LogP contribution >= 0.6 is 0 Å². The Morgan fingerprint density at radius 1 is 1.38 bits per heavy atom. The molecular formula is C12H14F2N2. The van der Waals surface area contributed by atoms with E-state index in [9.17, 15) is 8.78 Å². The van der Waals surface area contributed by atoms with Crippen LogP contribution in [0.15, 0.2) is 18.2 Å². The van der Waals surface area contributed by atoms with E-state index >= 15 is 0 Å². The van der Waals surface area contributed by atoms with Crippen molar-refractivity contribution in [1.29, 1.82) is 0 Å². The summed E-state index contributed by atoms with van der Waals surface area (Å²) >= 11 is 0. The standard InChI is InChI=1S/C12H14F2N2/c1-4-12(13,14)9-5-6-11-10(7-9)15-8(2)16(11)3/h5-7H,4H2,1-3H3. The van der Waals surface area contributed by atoms with Crippen molar-refractivity contribution in [2.45, 2.75) is 26.2 Å². The third-order valence-electron chi connectivity index (χ3n) is 2.97. The SMILES string of the molecule is CCC(F)(F)c1ccc2c(c1)nc(C)n2C. The molecule has 0 fully saturated rings. The molecule has 2 rings (SSSR count). The largest absolute Gasteiger partial charge is 0.331 e. The molecule has 0 bridgehead atoms. The number of benzene rings is 1. The van der Waals surface area contributed by atoms with Crippen molar-refractivity contribution in [3.05, 3.63) is 29.6 Å². The summed E-state index contributed by atoms with van der Waals surface area (Å²) in [5, 5.41) is 0. The Morgan fingerprint density at radius 2 is 2.06 bits per heavy atom. The first-order valence-electron chi connectivity index (χ1n) is 5.27. The van der Waals surface area contributed by atoms with Crippen molar-refractivity contribution in [1.82, 2.24) is 9.55 Å². The van der Waals surface area contributed by atoms with Gasteiger partial charge in [-0.1, -0.05) is 13.0 Å². The first kappa shape index (κ1) is 11.0. The van der Waals surface area contributed by atoms with Crippen molar-refractivity contribution >= 4 is 11.0 Å². The maximum atomic E-state index is 13.5. The molecule has 2 nitrogen and oxygen atoms in total. The molecule has 0 aliphatic heterocycles. The summed E-state index contributed by atoms with van der Waals surface area (Å²) in [6, 6.07) is 4.66. The van der Waals surface area contributed by atoms with Crippen LogP contribution in [0.1, 0.15) is 24.7 Å². The van der Waals surface area contributed by atoms with Crippen molar-refractivity contribution in [2.75, 3.05) is 0 Å². The monoisotopic (exact) mass is 224 g/mol. The molecule has 16 heavy (non-hydrogen) atoms. The number of imidazole rings is 1. The van der Waals surface area contributed by atoms with E-state index in [1.165, 1.54) is 19.1 Å². The van der Waals surface area contributed by atoms with E-state index in [0.29, 0.717) is 5.52 Å². The predicted molar refractivity (Wildman–Crippen MR) is 59.6 cm³/mol. The van der Waals surface area contributed by atoms with Gasteiger partial charge in [-0.3, -0.25) is 0 Å². The summed E-state index contributed by atoms with van der Waals surface area (Å²) < 4.78 is 28.9. The number of rotatable bonds is 2. The average Bonchev–Trinajstić information content (AvgIpc) is 2.54. The fourth-order valence-corrected chi connectivity index (χ4v) is 1.75. The van der Waals surface area contributed by atoms with E-state index in [2.05, 4.69) is 4.98 Å². The summed E-state index contributed by atoms with van der Waals surface area (Å²) in [7, 11) is 1.88. The van der Waals surface area contributed by atoms with Crippen molar-refractivity contribution in [3.8, 4) is 0 Å². The second-order valence-electron chi connectivity index (χ2n) is 3.98. The summed E-state index contributed by atoms with van der Waals surface area (Å²) in [5.41, 5.74) is 1.55. The molecule has 1 aromatic heterocycles. The number of hydrogen-bond acceptors (Lipinski definition) is 1. The van der Waals surface area contributed by atoms with Gasteiger partial charge in [0.25, 0.3) is 5.92 Å². The Morgan fingerprint density at radius 3 is 2.69 bits per heavy atom. The highest BCUT2D eigenvalue weighted by Gasteiger charge is 2.29. The lowest BCUT2D eigenvalue weighted by Crippen LogP contribution is -2.11. The summed E-state index contributed by atoms with van der Waals surface area (Å²) in [4.78, 5) is 4.25. The Hall–Kier alpha value is -1.45. The van der Waals surface area contributed by atoms with E-state index in [4.69, 9.17) is 0 Å². The van der Waals surface area contributed by atoms with Crippen LogP contribution in [0.5, 0.6) is 0 Å². The number of nitrogens with zero attached hydrogens (tertiary/aromatic N) is 2. The molecule has 0 saturated heterocycles. The highest BCUT2D eigenvalue weighted by molar-refractivity contribution is 5.77. The highest BCUT2D eigenvalue weighted by Crippen LogP contribution is 2.32. The Labute approximate surface area is 92.9 Å². The van der Waals surface area contributed by atoms with Gasteiger partial charge in [0.15, 0.2) is 0 Å². The Balaban J connectivity index is 2.61. The van der Waals surface area contributed by atoms with Gasteiger partial charge in [0.05, 0.1) is 11.0 Å². The minimum atomic E-state index is -2.76. The summed E-state index contributed by atoms with van der Waals surface area (Å²) in [6.07, 6.45) is -0.190. The van der Waals surface area contributed by atoms with Crippen LogP contribution in [0.4, 0.5) is 8.78 Å². The van der Waals surface area contributed by atoms with Gasteiger partial charge in [-0.05, 0) is 19.1 Å². The number of hydrogen-bond donors (Lipinski definition) is 0. The first-order chi connectivity index (χ1) is 7.45. The molecule has 1 heterocycles. The molecule has 2 aromatic rings. The molecule has 4 heteroatoms. The first-order valence-corrected chi connectivity index (χ1v) is 5.27.